The lowest BCUT2D eigenvalue weighted by Gasteiger charge is -2.31. The van der Waals surface area contributed by atoms with Gasteiger partial charge in [0.15, 0.2) is 0 Å². The Morgan fingerprint density at radius 2 is 1.92 bits per heavy atom. The van der Waals surface area contributed by atoms with Gasteiger partial charge in [-0.2, -0.15) is 0 Å². The largest absolute Gasteiger partial charge is 0.496 e. The predicted octanol–water partition coefficient (Wildman–Crippen LogP) is 3.88. The Labute approximate surface area is 154 Å². The van der Waals surface area contributed by atoms with Crippen molar-refractivity contribution in [2.45, 2.75) is 26.7 Å². The molecule has 2 aromatic rings. The first kappa shape index (κ1) is 18.0. The monoisotopic (exact) mass is 352 g/mol. The minimum absolute atomic E-state index is 0.0622. The number of amides is 2. The van der Waals surface area contributed by atoms with E-state index in [0.717, 1.165) is 24.1 Å². The molecule has 2 aromatic carbocycles. The van der Waals surface area contributed by atoms with Crippen LogP contribution in [0.1, 0.15) is 36.2 Å². The summed E-state index contributed by atoms with van der Waals surface area (Å²) in [6, 6.07) is 12.9. The number of benzene rings is 2. The van der Waals surface area contributed by atoms with Gasteiger partial charge in [-0.05, 0) is 42.7 Å². The highest BCUT2D eigenvalue weighted by molar-refractivity contribution is 6.06. The van der Waals surface area contributed by atoms with Crippen LogP contribution in [0.2, 0.25) is 0 Å². The van der Waals surface area contributed by atoms with Crippen molar-refractivity contribution in [1.82, 2.24) is 0 Å². The standard InChI is InChI=1S/C21H24N2O3/c1-14(2)21(25)23-12-6-7-15-10-11-16(13-18(15)23)22-20(24)17-8-4-5-9-19(17)26-3/h4-5,8-11,13-14H,6-7,12H2,1-3H3,(H,22,24). The number of para-hydroxylation sites is 1. The molecule has 0 aliphatic carbocycles. The molecule has 1 aliphatic rings. The number of nitrogens with one attached hydrogen (secondary N) is 1. The number of anilines is 2. The van der Waals surface area contributed by atoms with Crippen molar-refractivity contribution in [3.63, 3.8) is 0 Å². The molecule has 1 N–H and O–H groups in total. The van der Waals surface area contributed by atoms with E-state index in [1.807, 2.05) is 43.0 Å². The summed E-state index contributed by atoms with van der Waals surface area (Å²) in [5.74, 6) is 0.339. The van der Waals surface area contributed by atoms with Crippen LogP contribution in [0.5, 0.6) is 5.75 Å². The third-order valence-electron chi connectivity index (χ3n) is 4.57. The normalized spacial score (nSPS) is 13.3. The number of hydrogen-bond acceptors (Lipinski definition) is 3. The van der Waals surface area contributed by atoms with Gasteiger partial charge in [0.1, 0.15) is 5.75 Å². The molecule has 0 saturated carbocycles. The third-order valence-corrected chi connectivity index (χ3v) is 4.57. The maximum Gasteiger partial charge on any atom is 0.259 e. The molecule has 0 aromatic heterocycles. The first-order valence-corrected chi connectivity index (χ1v) is 8.90. The van der Waals surface area contributed by atoms with Crippen molar-refractivity contribution >= 4 is 23.2 Å². The molecule has 5 heteroatoms. The quantitative estimate of drug-likeness (QED) is 0.908. The lowest BCUT2D eigenvalue weighted by Crippen LogP contribution is -2.38. The summed E-state index contributed by atoms with van der Waals surface area (Å²) in [6.45, 7) is 4.53. The topological polar surface area (TPSA) is 58.6 Å². The van der Waals surface area contributed by atoms with E-state index >= 15 is 0 Å². The molecule has 0 unspecified atom stereocenters. The van der Waals surface area contributed by atoms with Crippen LogP contribution >= 0.6 is 0 Å². The summed E-state index contributed by atoms with van der Waals surface area (Å²) in [7, 11) is 1.54. The number of carbonyl (C=O) groups is 2. The van der Waals surface area contributed by atoms with E-state index in [1.54, 1.807) is 25.3 Å². The first-order valence-electron chi connectivity index (χ1n) is 8.90. The van der Waals surface area contributed by atoms with Crippen LogP contribution < -0.4 is 15.0 Å². The number of fused-ring (bicyclic) bond motifs is 1. The van der Waals surface area contributed by atoms with E-state index in [-0.39, 0.29) is 17.7 Å². The number of carbonyl (C=O) groups excluding carboxylic acids is 2. The smallest absolute Gasteiger partial charge is 0.259 e. The van der Waals surface area contributed by atoms with Crippen molar-refractivity contribution in [2.75, 3.05) is 23.9 Å². The second kappa shape index (κ2) is 7.60. The molecule has 0 spiro atoms. The minimum atomic E-state index is -0.236. The summed E-state index contributed by atoms with van der Waals surface area (Å²) in [5, 5.41) is 2.91. The molecular weight excluding hydrogens is 328 g/mol. The SMILES string of the molecule is COc1ccccc1C(=O)Nc1ccc2c(c1)N(C(=O)C(C)C)CCC2. The third kappa shape index (κ3) is 3.57. The number of aryl methyl sites for hydroxylation is 1. The zero-order valence-corrected chi connectivity index (χ0v) is 15.4. The minimum Gasteiger partial charge on any atom is -0.496 e. The average molecular weight is 352 g/mol. The molecule has 3 rings (SSSR count). The summed E-state index contributed by atoms with van der Waals surface area (Å²) in [6.07, 6.45) is 1.90. The van der Waals surface area contributed by atoms with E-state index < -0.39 is 0 Å². The average Bonchev–Trinajstić information content (AvgIpc) is 2.66. The predicted molar refractivity (Wildman–Crippen MR) is 103 cm³/mol. The van der Waals surface area contributed by atoms with Crippen LogP contribution in [-0.2, 0) is 11.2 Å². The van der Waals surface area contributed by atoms with Gasteiger partial charge < -0.3 is 15.0 Å². The molecule has 136 valence electrons. The molecule has 0 bridgehead atoms. The molecule has 0 saturated heterocycles. The van der Waals surface area contributed by atoms with Crippen LogP contribution in [0.25, 0.3) is 0 Å². The number of ether oxygens (including phenoxy) is 1. The maximum atomic E-state index is 12.6. The Balaban J connectivity index is 1.87. The Hall–Kier alpha value is -2.82. The molecule has 1 aliphatic heterocycles. The highest BCUT2D eigenvalue weighted by atomic mass is 16.5. The van der Waals surface area contributed by atoms with Crippen molar-refractivity contribution < 1.29 is 14.3 Å². The molecular formula is C21H24N2O3. The highest BCUT2D eigenvalue weighted by Gasteiger charge is 2.25. The van der Waals surface area contributed by atoms with E-state index in [9.17, 15) is 9.59 Å². The second-order valence-corrected chi connectivity index (χ2v) is 6.75. The Kier molecular flexibility index (Phi) is 5.26. The zero-order valence-electron chi connectivity index (χ0n) is 15.4. The second-order valence-electron chi connectivity index (χ2n) is 6.75. The number of methoxy groups -OCH3 is 1. The van der Waals surface area contributed by atoms with E-state index in [0.29, 0.717) is 23.5 Å². The summed E-state index contributed by atoms with van der Waals surface area (Å²) < 4.78 is 5.26. The summed E-state index contributed by atoms with van der Waals surface area (Å²) >= 11 is 0. The van der Waals surface area contributed by atoms with Crippen LogP contribution in [0.15, 0.2) is 42.5 Å². The van der Waals surface area contributed by atoms with E-state index in [4.69, 9.17) is 4.74 Å². The van der Waals surface area contributed by atoms with Crippen molar-refractivity contribution in [3.05, 3.63) is 53.6 Å². The molecule has 0 radical (unpaired) electrons. The maximum absolute atomic E-state index is 12.6. The fraction of sp³-hybridized carbons (Fsp3) is 0.333. The van der Waals surface area contributed by atoms with Gasteiger partial charge in [-0.1, -0.05) is 32.0 Å². The van der Waals surface area contributed by atoms with Gasteiger partial charge in [0, 0.05) is 23.8 Å². The fourth-order valence-electron chi connectivity index (χ4n) is 3.22. The number of hydrogen-bond donors (Lipinski definition) is 1. The summed E-state index contributed by atoms with van der Waals surface area (Å²) in [4.78, 5) is 27.0. The van der Waals surface area contributed by atoms with Crippen LogP contribution in [0, 0.1) is 5.92 Å². The van der Waals surface area contributed by atoms with Crippen LogP contribution in [-0.4, -0.2) is 25.5 Å². The van der Waals surface area contributed by atoms with Gasteiger partial charge in [-0.15, -0.1) is 0 Å². The van der Waals surface area contributed by atoms with Crippen molar-refractivity contribution in [1.29, 1.82) is 0 Å². The molecule has 1 heterocycles. The van der Waals surface area contributed by atoms with Crippen molar-refractivity contribution in [2.24, 2.45) is 5.92 Å². The molecule has 2 amide bonds. The van der Waals surface area contributed by atoms with Gasteiger partial charge in [-0.25, -0.2) is 0 Å². The molecule has 0 atom stereocenters. The fourth-order valence-corrected chi connectivity index (χ4v) is 3.22. The Morgan fingerprint density at radius 3 is 2.65 bits per heavy atom. The van der Waals surface area contributed by atoms with E-state index in [2.05, 4.69) is 5.32 Å². The summed E-state index contributed by atoms with van der Waals surface area (Å²) in [5.41, 5.74) is 3.18. The molecule has 5 nitrogen and oxygen atoms in total. The Morgan fingerprint density at radius 1 is 1.15 bits per heavy atom. The zero-order chi connectivity index (χ0) is 18.7. The number of rotatable bonds is 4. The van der Waals surface area contributed by atoms with Gasteiger partial charge in [0.05, 0.1) is 12.7 Å². The Bertz CT molecular complexity index is 830. The van der Waals surface area contributed by atoms with Gasteiger partial charge in [0.2, 0.25) is 5.91 Å². The van der Waals surface area contributed by atoms with Crippen molar-refractivity contribution in [3.8, 4) is 5.75 Å². The first-order chi connectivity index (χ1) is 12.5. The van der Waals surface area contributed by atoms with Gasteiger partial charge in [0.25, 0.3) is 5.91 Å². The molecule has 26 heavy (non-hydrogen) atoms. The van der Waals surface area contributed by atoms with Gasteiger partial charge in [-0.3, -0.25) is 9.59 Å². The number of nitrogens with zero attached hydrogens (tertiary/aromatic N) is 1. The van der Waals surface area contributed by atoms with Gasteiger partial charge >= 0.3 is 0 Å². The lowest BCUT2D eigenvalue weighted by molar-refractivity contribution is -0.121. The highest BCUT2D eigenvalue weighted by Crippen LogP contribution is 2.31. The van der Waals surface area contributed by atoms with E-state index in [1.165, 1.54) is 0 Å². The lowest BCUT2D eigenvalue weighted by atomic mass is 9.99. The van der Waals surface area contributed by atoms with Crippen LogP contribution in [0.3, 0.4) is 0 Å². The van der Waals surface area contributed by atoms with Crippen LogP contribution in [0.4, 0.5) is 11.4 Å². The molecule has 0 fully saturated rings.